The Balaban J connectivity index is 2.44. The minimum Gasteiger partial charge on any atom is -0.326 e. The van der Waals surface area contributed by atoms with E-state index in [9.17, 15) is 0 Å². The normalized spacial score (nSPS) is 30.2. The topological polar surface area (TPSA) is 29.3 Å². The van der Waals surface area contributed by atoms with Crippen molar-refractivity contribution in [2.75, 3.05) is 13.1 Å². The Kier molecular flexibility index (Phi) is 4.53. The Bertz CT molecular complexity index is 190. The van der Waals surface area contributed by atoms with Gasteiger partial charge in [-0.05, 0) is 32.4 Å². The van der Waals surface area contributed by atoms with Crippen molar-refractivity contribution in [3.63, 3.8) is 0 Å². The molecule has 76 valence electrons. The molecular formula is C9H16Cl2N2. The van der Waals surface area contributed by atoms with Crippen molar-refractivity contribution in [3.8, 4) is 0 Å². The fourth-order valence-electron chi connectivity index (χ4n) is 1.69. The molecule has 1 fully saturated rings. The van der Waals surface area contributed by atoms with E-state index in [1.807, 2.05) is 6.08 Å². The quantitative estimate of drug-likeness (QED) is 0.776. The highest BCUT2D eigenvalue weighted by Gasteiger charge is 2.23. The van der Waals surface area contributed by atoms with Crippen molar-refractivity contribution in [3.05, 3.63) is 10.6 Å². The number of likely N-dealkylation sites (tertiary alicyclic amines) is 1. The third-order valence-electron chi connectivity index (χ3n) is 2.66. The summed E-state index contributed by atoms with van der Waals surface area (Å²) in [6.07, 6.45) is 4.10. The summed E-state index contributed by atoms with van der Waals surface area (Å²) in [5.41, 5.74) is 5.95. The van der Waals surface area contributed by atoms with Crippen LogP contribution in [0.25, 0.3) is 0 Å². The standard InChI is InChI=1S/C9H16Cl2N2/c1-7-8(12)3-2-5-13(7)6-4-9(10)11/h4,7-8H,2-3,5-6,12H2,1H3/t7-,8-/m1/s1. The fraction of sp³-hybridized carbons (Fsp3) is 0.778. The molecule has 4 heteroatoms. The van der Waals surface area contributed by atoms with Crippen LogP contribution >= 0.6 is 23.2 Å². The van der Waals surface area contributed by atoms with Gasteiger partial charge in [-0.3, -0.25) is 4.90 Å². The number of halogens is 2. The number of rotatable bonds is 2. The van der Waals surface area contributed by atoms with E-state index >= 15 is 0 Å². The van der Waals surface area contributed by atoms with Gasteiger partial charge in [-0.25, -0.2) is 0 Å². The smallest absolute Gasteiger partial charge is 0.104 e. The summed E-state index contributed by atoms with van der Waals surface area (Å²) in [7, 11) is 0. The third-order valence-corrected chi connectivity index (χ3v) is 2.97. The molecule has 2 nitrogen and oxygen atoms in total. The number of nitrogens with two attached hydrogens (primary N) is 1. The zero-order valence-corrected chi connectivity index (χ0v) is 9.35. The predicted molar refractivity (Wildman–Crippen MR) is 58.0 cm³/mol. The number of hydrogen-bond acceptors (Lipinski definition) is 2. The molecule has 2 N–H and O–H groups in total. The van der Waals surface area contributed by atoms with Crippen molar-refractivity contribution in [1.82, 2.24) is 4.90 Å². The third kappa shape index (κ3) is 3.47. The Morgan fingerprint density at radius 3 is 2.92 bits per heavy atom. The van der Waals surface area contributed by atoms with E-state index in [1.54, 1.807) is 0 Å². The second-order valence-electron chi connectivity index (χ2n) is 3.54. The Hall–Kier alpha value is 0.240. The molecule has 1 aliphatic rings. The summed E-state index contributed by atoms with van der Waals surface area (Å²) in [5.74, 6) is 0. The maximum atomic E-state index is 5.95. The van der Waals surface area contributed by atoms with Crippen LogP contribution in [0.1, 0.15) is 19.8 Å². The predicted octanol–water partition coefficient (Wildman–Crippen LogP) is 2.12. The number of nitrogens with zero attached hydrogens (tertiary/aromatic N) is 1. The van der Waals surface area contributed by atoms with Crippen LogP contribution in [0, 0.1) is 0 Å². The fourth-order valence-corrected chi connectivity index (χ4v) is 1.83. The SMILES string of the molecule is C[C@@H]1[C@H](N)CCCN1CC=C(Cl)Cl. The van der Waals surface area contributed by atoms with E-state index in [4.69, 9.17) is 28.9 Å². The van der Waals surface area contributed by atoms with E-state index in [1.165, 1.54) is 6.42 Å². The van der Waals surface area contributed by atoms with E-state index in [-0.39, 0.29) is 6.04 Å². The average Bonchev–Trinajstić information content (AvgIpc) is 2.07. The molecule has 0 unspecified atom stereocenters. The van der Waals surface area contributed by atoms with Crippen LogP contribution in [0.4, 0.5) is 0 Å². The van der Waals surface area contributed by atoms with Crippen LogP contribution in [0.15, 0.2) is 10.6 Å². The molecule has 0 aromatic rings. The van der Waals surface area contributed by atoms with Crippen LogP contribution in [0.5, 0.6) is 0 Å². The maximum Gasteiger partial charge on any atom is 0.104 e. The second kappa shape index (κ2) is 5.20. The Morgan fingerprint density at radius 1 is 1.62 bits per heavy atom. The van der Waals surface area contributed by atoms with Crippen molar-refractivity contribution < 1.29 is 0 Å². The zero-order chi connectivity index (χ0) is 9.84. The highest BCUT2D eigenvalue weighted by atomic mass is 35.5. The molecule has 1 aliphatic heterocycles. The monoisotopic (exact) mass is 222 g/mol. The molecule has 1 heterocycles. The number of hydrogen-bond donors (Lipinski definition) is 1. The van der Waals surface area contributed by atoms with E-state index in [0.29, 0.717) is 10.5 Å². The number of piperidine rings is 1. The van der Waals surface area contributed by atoms with Gasteiger partial charge in [0.05, 0.1) is 0 Å². The Labute approximate surface area is 89.7 Å². The van der Waals surface area contributed by atoms with E-state index < -0.39 is 0 Å². The first-order chi connectivity index (χ1) is 6.11. The molecule has 0 saturated carbocycles. The lowest BCUT2D eigenvalue weighted by atomic mass is 9.98. The molecule has 0 aliphatic carbocycles. The molecule has 2 atom stereocenters. The molecule has 0 aromatic heterocycles. The van der Waals surface area contributed by atoms with Crippen LogP contribution in [-0.4, -0.2) is 30.1 Å². The lowest BCUT2D eigenvalue weighted by Crippen LogP contribution is -2.50. The summed E-state index contributed by atoms with van der Waals surface area (Å²) in [6.45, 7) is 4.05. The van der Waals surface area contributed by atoms with E-state index in [2.05, 4.69) is 11.8 Å². The summed E-state index contributed by atoms with van der Waals surface area (Å²) < 4.78 is 0.339. The first-order valence-electron chi connectivity index (χ1n) is 4.62. The minimum absolute atomic E-state index is 0.288. The van der Waals surface area contributed by atoms with E-state index in [0.717, 1.165) is 19.5 Å². The van der Waals surface area contributed by atoms with Gasteiger partial charge >= 0.3 is 0 Å². The van der Waals surface area contributed by atoms with Crippen LogP contribution < -0.4 is 5.73 Å². The molecule has 0 amide bonds. The molecule has 13 heavy (non-hydrogen) atoms. The van der Waals surface area contributed by atoms with Crippen molar-refractivity contribution >= 4 is 23.2 Å². The summed E-state index contributed by atoms with van der Waals surface area (Å²) in [6, 6.07) is 0.717. The van der Waals surface area contributed by atoms with Gasteiger partial charge in [0, 0.05) is 18.6 Å². The Morgan fingerprint density at radius 2 is 2.31 bits per heavy atom. The van der Waals surface area contributed by atoms with Crippen LogP contribution in [-0.2, 0) is 0 Å². The van der Waals surface area contributed by atoms with Crippen LogP contribution in [0.3, 0.4) is 0 Å². The summed E-state index contributed by atoms with van der Waals surface area (Å²) in [4.78, 5) is 2.30. The first-order valence-corrected chi connectivity index (χ1v) is 5.37. The van der Waals surface area contributed by atoms with Crippen LogP contribution in [0.2, 0.25) is 0 Å². The van der Waals surface area contributed by atoms with Gasteiger partial charge in [-0.2, -0.15) is 0 Å². The van der Waals surface area contributed by atoms with Gasteiger partial charge in [0.25, 0.3) is 0 Å². The highest BCUT2D eigenvalue weighted by molar-refractivity contribution is 6.55. The largest absolute Gasteiger partial charge is 0.326 e. The molecule has 0 radical (unpaired) electrons. The summed E-state index contributed by atoms with van der Waals surface area (Å²) >= 11 is 11.1. The minimum atomic E-state index is 0.288. The van der Waals surface area contributed by atoms with Gasteiger partial charge in [0.15, 0.2) is 0 Å². The van der Waals surface area contributed by atoms with Crippen molar-refractivity contribution in [2.45, 2.75) is 31.8 Å². The zero-order valence-electron chi connectivity index (χ0n) is 7.84. The maximum absolute atomic E-state index is 5.95. The lowest BCUT2D eigenvalue weighted by Gasteiger charge is -2.36. The van der Waals surface area contributed by atoms with Crippen molar-refractivity contribution in [2.24, 2.45) is 5.73 Å². The average molecular weight is 223 g/mol. The molecule has 0 aromatic carbocycles. The van der Waals surface area contributed by atoms with Crippen molar-refractivity contribution in [1.29, 1.82) is 0 Å². The molecule has 1 rings (SSSR count). The lowest BCUT2D eigenvalue weighted by molar-refractivity contribution is 0.156. The molecular weight excluding hydrogens is 207 g/mol. The van der Waals surface area contributed by atoms with Gasteiger partial charge in [-0.1, -0.05) is 23.2 Å². The molecule has 0 bridgehead atoms. The second-order valence-corrected chi connectivity index (χ2v) is 4.54. The molecule has 0 spiro atoms. The van der Waals surface area contributed by atoms with Gasteiger partial charge < -0.3 is 5.73 Å². The summed E-state index contributed by atoms with van der Waals surface area (Å²) in [5, 5.41) is 0. The highest BCUT2D eigenvalue weighted by Crippen LogP contribution is 2.16. The first kappa shape index (κ1) is 11.3. The molecule has 1 saturated heterocycles. The van der Waals surface area contributed by atoms with Gasteiger partial charge in [0.1, 0.15) is 4.49 Å². The van der Waals surface area contributed by atoms with Gasteiger partial charge in [0.2, 0.25) is 0 Å². The van der Waals surface area contributed by atoms with Gasteiger partial charge in [-0.15, -0.1) is 0 Å².